The van der Waals surface area contributed by atoms with Gasteiger partial charge in [-0.3, -0.25) is 0 Å². The molecule has 0 aliphatic heterocycles. The van der Waals surface area contributed by atoms with Crippen LogP contribution in [-0.4, -0.2) is 0 Å². The van der Waals surface area contributed by atoms with Gasteiger partial charge in [-0.2, -0.15) is 0 Å². The molecule has 4 rings (SSSR count). The monoisotopic (exact) mass is 192 g/mol. The van der Waals surface area contributed by atoms with Crippen molar-refractivity contribution in [2.24, 2.45) is 35.0 Å². The maximum Gasteiger partial charge on any atom is -0.0266 e. The summed E-state index contributed by atoms with van der Waals surface area (Å²) in [7, 11) is 0. The van der Waals surface area contributed by atoms with E-state index < -0.39 is 0 Å². The first kappa shape index (κ1) is 9.24. The van der Waals surface area contributed by atoms with Crippen molar-refractivity contribution >= 4 is 0 Å². The van der Waals surface area contributed by atoms with Crippen LogP contribution < -0.4 is 0 Å². The van der Waals surface area contributed by atoms with Gasteiger partial charge in [0, 0.05) is 0 Å². The molecule has 0 N–H and O–H groups in total. The normalized spacial score (nSPS) is 55.7. The van der Waals surface area contributed by atoms with E-state index in [0.29, 0.717) is 0 Å². The predicted molar refractivity (Wildman–Crippen MR) is 60.0 cm³/mol. The molecule has 0 spiro atoms. The Kier molecular flexibility index (Phi) is 1.83. The summed E-state index contributed by atoms with van der Waals surface area (Å²) < 4.78 is 0. The highest BCUT2D eigenvalue weighted by atomic mass is 14.6. The van der Waals surface area contributed by atoms with Gasteiger partial charge < -0.3 is 0 Å². The smallest absolute Gasteiger partial charge is 0.0266 e. The van der Waals surface area contributed by atoms with Gasteiger partial charge in [-0.05, 0) is 67.1 Å². The van der Waals surface area contributed by atoms with E-state index >= 15 is 0 Å². The van der Waals surface area contributed by atoms with Crippen molar-refractivity contribution in [1.29, 1.82) is 0 Å². The summed E-state index contributed by atoms with van der Waals surface area (Å²) in [6.07, 6.45) is 7.86. The van der Waals surface area contributed by atoms with E-state index in [1.807, 2.05) is 0 Å². The molecule has 0 aromatic heterocycles. The molecule has 2 unspecified atom stereocenters. The lowest BCUT2D eigenvalue weighted by molar-refractivity contribution is -0.111. The minimum absolute atomic E-state index is 0.781. The molecule has 0 amide bonds. The van der Waals surface area contributed by atoms with E-state index in [4.69, 9.17) is 0 Å². The van der Waals surface area contributed by atoms with Gasteiger partial charge in [0.15, 0.2) is 0 Å². The summed E-state index contributed by atoms with van der Waals surface area (Å²) in [6, 6.07) is 0. The maximum absolute atomic E-state index is 2.53. The largest absolute Gasteiger partial charge is 0.0622 e. The lowest BCUT2D eigenvalue weighted by atomic mass is 9.44. The fourth-order valence-corrected chi connectivity index (χ4v) is 5.05. The molecular formula is C14H24. The standard InChI is InChI=1S/C14H24/c1-9(2)14-6-11-4-12(7-14)10(3)13(5-11)8-14/h9-13H,4-8H2,1-3H3. The van der Waals surface area contributed by atoms with Crippen molar-refractivity contribution < 1.29 is 0 Å². The molecule has 0 radical (unpaired) electrons. The quantitative estimate of drug-likeness (QED) is 0.586. The molecule has 2 atom stereocenters. The van der Waals surface area contributed by atoms with Crippen LogP contribution >= 0.6 is 0 Å². The van der Waals surface area contributed by atoms with Crippen LogP contribution in [0, 0.1) is 35.0 Å². The Morgan fingerprint density at radius 3 is 2.07 bits per heavy atom. The van der Waals surface area contributed by atoms with E-state index in [2.05, 4.69) is 20.8 Å². The highest BCUT2D eigenvalue weighted by Gasteiger charge is 2.54. The van der Waals surface area contributed by atoms with Gasteiger partial charge in [0.2, 0.25) is 0 Å². The van der Waals surface area contributed by atoms with Crippen molar-refractivity contribution in [2.45, 2.75) is 52.9 Å². The lowest BCUT2D eigenvalue weighted by Crippen LogP contribution is -2.52. The number of hydrogen-bond acceptors (Lipinski definition) is 0. The Hall–Kier alpha value is 0. The molecule has 4 aliphatic carbocycles. The van der Waals surface area contributed by atoms with Gasteiger partial charge >= 0.3 is 0 Å². The van der Waals surface area contributed by atoms with Gasteiger partial charge in [-0.1, -0.05) is 20.8 Å². The summed E-state index contributed by atoms with van der Waals surface area (Å²) in [5.74, 6) is 5.31. The maximum atomic E-state index is 2.53. The van der Waals surface area contributed by atoms with E-state index in [1.54, 1.807) is 32.1 Å². The highest BCUT2D eigenvalue weighted by Crippen LogP contribution is 2.64. The van der Waals surface area contributed by atoms with Gasteiger partial charge in [-0.25, -0.2) is 0 Å². The van der Waals surface area contributed by atoms with Crippen molar-refractivity contribution in [3.63, 3.8) is 0 Å². The summed E-state index contributed by atoms with van der Waals surface area (Å²) in [6.45, 7) is 7.47. The van der Waals surface area contributed by atoms with Crippen molar-refractivity contribution in [3.8, 4) is 0 Å². The Bertz CT molecular complexity index is 224. The first-order valence-electron chi connectivity index (χ1n) is 6.61. The van der Waals surface area contributed by atoms with Crippen molar-refractivity contribution in [1.82, 2.24) is 0 Å². The number of hydrogen-bond donors (Lipinski definition) is 0. The second-order valence-electron chi connectivity index (χ2n) is 6.85. The molecule has 4 fully saturated rings. The molecule has 0 heteroatoms. The van der Waals surface area contributed by atoms with Crippen LogP contribution in [-0.2, 0) is 0 Å². The first-order chi connectivity index (χ1) is 6.61. The van der Waals surface area contributed by atoms with Gasteiger partial charge in [0.1, 0.15) is 0 Å². The Morgan fingerprint density at radius 1 is 1.00 bits per heavy atom. The topological polar surface area (TPSA) is 0 Å². The second-order valence-corrected chi connectivity index (χ2v) is 6.85. The zero-order valence-corrected chi connectivity index (χ0v) is 9.92. The summed E-state index contributed by atoms with van der Waals surface area (Å²) in [5.41, 5.74) is 0.781. The summed E-state index contributed by atoms with van der Waals surface area (Å²) >= 11 is 0. The molecule has 4 bridgehead atoms. The molecule has 4 aliphatic rings. The third kappa shape index (κ3) is 1.06. The summed E-state index contributed by atoms with van der Waals surface area (Å²) in [5, 5.41) is 0. The molecule has 80 valence electrons. The van der Waals surface area contributed by atoms with Gasteiger partial charge in [-0.15, -0.1) is 0 Å². The molecule has 0 nitrogen and oxygen atoms in total. The molecule has 0 saturated heterocycles. The van der Waals surface area contributed by atoms with Crippen LogP contribution in [0.4, 0.5) is 0 Å². The van der Waals surface area contributed by atoms with E-state index in [-0.39, 0.29) is 0 Å². The Morgan fingerprint density at radius 2 is 1.57 bits per heavy atom. The zero-order valence-electron chi connectivity index (χ0n) is 9.92. The summed E-state index contributed by atoms with van der Waals surface area (Å²) in [4.78, 5) is 0. The van der Waals surface area contributed by atoms with Crippen LogP contribution in [0.2, 0.25) is 0 Å². The molecule has 0 aromatic rings. The van der Waals surface area contributed by atoms with Crippen LogP contribution in [0.25, 0.3) is 0 Å². The van der Waals surface area contributed by atoms with Gasteiger partial charge in [0.25, 0.3) is 0 Å². The predicted octanol–water partition coefficient (Wildman–Crippen LogP) is 4.10. The van der Waals surface area contributed by atoms with Crippen LogP contribution in [0.15, 0.2) is 0 Å². The Labute approximate surface area is 88.5 Å². The fourth-order valence-electron chi connectivity index (χ4n) is 5.05. The minimum atomic E-state index is 0.781. The molecule has 0 aromatic carbocycles. The lowest BCUT2D eigenvalue weighted by Gasteiger charge is -2.61. The molecular weight excluding hydrogens is 168 g/mol. The molecule has 0 heterocycles. The third-order valence-electron chi connectivity index (χ3n) is 6.02. The minimum Gasteiger partial charge on any atom is -0.0622 e. The second kappa shape index (κ2) is 2.77. The van der Waals surface area contributed by atoms with E-state index in [1.165, 1.54) is 0 Å². The van der Waals surface area contributed by atoms with Gasteiger partial charge in [0.05, 0.1) is 0 Å². The SMILES string of the molecule is CC1C2CC3CC1CC(C(C)C)(C3)C2. The van der Waals surface area contributed by atoms with E-state index in [0.717, 1.165) is 35.0 Å². The zero-order chi connectivity index (χ0) is 9.92. The number of rotatable bonds is 1. The van der Waals surface area contributed by atoms with Crippen molar-refractivity contribution in [3.05, 3.63) is 0 Å². The van der Waals surface area contributed by atoms with Crippen molar-refractivity contribution in [2.75, 3.05) is 0 Å². The highest BCUT2D eigenvalue weighted by molar-refractivity contribution is 5.04. The van der Waals surface area contributed by atoms with E-state index in [9.17, 15) is 0 Å². The molecule has 4 saturated carbocycles. The molecule has 14 heavy (non-hydrogen) atoms. The van der Waals surface area contributed by atoms with Crippen LogP contribution in [0.3, 0.4) is 0 Å². The fraction of sp³-hybridized carbons (Fsp3) is 1.00. The average molecular weight is 192 g/mol. The van der Waals surface area contributed by atoms with Crippen LogP contribution in [0.1, 0.15) is 52.9 Å². The first-order valence-corrected chi connectivity index (χ1v) is 6.61. The average Bonchev–Trinajstić information content (AvgIpc) is 2.12. The van der Waals surface area contributed by atoms with Crippen LogP contribution in [0.5, 0.6) is 0 Å². The third-order valence-corrected chi connectivity index (χ3v) is 6.02. The Balaban J connectivity index is 1.92.